The van der Waals surface area contributed by atoms with Gasteiger partial charge in [0.2, 0.25) is 0 Å². The summed E-state index contributed by atoms with van der Waals surface area (Å²) >= 11 is 0. The molecule has 1 atom stereocenters. The number of rotatable bonds is 8. The van der Waals surface area contributed by atoms with Crippen LogP contribution < -0.4 is 0 Å². The molecule has 0 amide bonds. The van der Waals surface area contributed by atoms with Crippen LogP contribution in [-0.4, -0.2) is 65.7 Å². The monoisotopic (exact) mass is 436 g/mol. The number of piperidine rings is 1. The molecule has 1 fully saturated rings. The Morgan fingerprint density at radius 2 is 2.00 bits per heavy atom. The minimum atomic E-state index is -0.236. The standard InChI is InChI=1S/C26H33FN4O/c1-32-12-11-30(18-26-28-24-9-8-22(27)15-25(24)29-26)16-19-5-4-10-31(17-19)23-13-20-6-2-3-7-21(20)14-23/h2-3,6-9,15,19,23H,4-5,10-14,16-18H2,1H3,(H,28,29). The van der Waals surface area contributed by atoms with E-state index in [1.165, 1.54) is 55.5 Å². The lowest BCUT2D eigenvalue weighted by molar-refractivity contribution is 0.0835. The van der Waals surface area contributed by atoms with Gasteiger partial charge in [-0.15, -0.1) is 0 Å². The number of H-pyrrole nitrogens is 1. The second kappa shape index (κ2) is 9.69. The largest absolute Gasteiger partial charge is 0.383 e. The second-order valence-corrected chi connectivity index (χ2v) is 9.41. The lowest BCUT2D eigenvalue weighted by Gasteiger charge is -2.38. The van der Waals surface area contributed by atoms with E-state index in [0.29, 0.717) is 18.6 Å². The predicted molar refractivity (Wildman–Crippen MR) is 125 cm³/mol. The molecule has 170 valence electrons. The number of hydrogen-bond acceptors (Lipinski definition) is 4. The predicted octanol–water partition coefficient (Wildman–Crippen LogP) is 4.03. The third-order valence-electron chi connectivity index (χ3n) is 7.09. The topological polar surface area (TPSA) is 44.4 Å². The van der Waals surface area contributed by atoms with Crippen LogP contribution >= 0.6 is 0 Å². The maximum atomic E-state index is 13.6. The van der Waals surface area contributed by atoms with Gasteiger partial charge in [-0.05, 0) is 67.5 Å². The fourth-order valence-electron chi connectivity index (χ4n) is 5.51. The molecule has 1 aliphatic heterocycles. The molecule has 5 nitrogen and oxygen atoms in total. The number of benzene rings is 2. The van der Waals surface area contributed by atoms with Crippen LogP contribution in [0.4, 0.5) is 4.39 Å². The Hall–Kier alpha value is -2.28. The van der Waals surface area contributed by atoms with E-state index in [0.717, 1.165) is 43.0 Å². The van der Waals surface area contributed by atoms with Crippen molar-refractivity contribution in [3.05, 3.63) is 65.2 Å². The Morgan fingerprint density at radius 1 is 1.19 bits per heavy atom. The van der Waals surface area contributed by atoms with Crippen molar-refractivity contribution in [2.24, 2.45) is 5.92 Å². The molecule has 1 aliphatic carbocycles. The van der Waals surface area contributed by atoms with Crippen LogP contribution in [0.1, 0.15) is 29.8 Å². The first-order valence-electron chi connectivity index (χ1n) is 11.8. The molecule has 5 rings (SSSR count). The zero-order valence-corrected chi connectivity index (χ0v) is 18.9. The molecule has 1 aromatic heterocycles. The van der Waals surface area contributed by atoms with Crippen molar-refractivity contribution < 1.29 is 9.13 Å². The molecule has 1 N–H and O–H groups in total. The van der Waals surface area contributed by atoms with Crippen molar-refractivity contribution in [2.75, 3.05) is 39.9 Å². The number of methoxy groups -OCH3 is 1. The Labute approximate surface area is 189 Å². The summed E-state index contributed by atoms with van der Waals surface area (Å²) in [7, 11) is 1.75. The molecule has 3 aromatic rings. The summed E-state index contributed by atoms with van der Waals surface area (Å²) in [6.07, 6.45) is 4.90. The molecular formula is C26H33FN4O. The van der Waals surface area contributed by atoms with E-state index < -0.39 is 0 Å². The molecule has 1 saturated heterocycles. The van der Waals surface area contributed by atoms with Crippen LogP contribution in [0, 0.1) is 11.7 Å². The summed E-state index contributed by atoms with van der Waals surface area (Å²) < 4.78 is 18.9. The van der Waals surface area contributed by atoms with Gasteiger partial charge in [0.1, 0.15) is 11.6 Å². The molecule has 2 aromatic carbocycles. The van der Waals surface area contributed by atoms with Gasteiger partial charge in [-0.3, -0.25) is 9.80 Å². The van der Waals surface area contributed by atoms with Crippen molar-refractivity contribution in [1.29, 1.82) is 0 Å². The van der Waals surface area contributed by atoms with Crippen molar-refractivity contribution in [1.82, 2.24) is 19.8 Å². The third-order valence-corrected chi connectivity index (χ3v) is 7.09. The van der Waals surface area contributed by atoms with E-state index in [1.54, 1.807) is 13.2 Å². The highest BCUT2D eigenvalue weighted by molar-refractivity contribution is 5.74. The van der Waals surface area contributed by atoms with Gasteiger partial charge < -0.3 is 9.72 Å². The average Bonchev–Trinajstić information content (AvgIpc) is 3.41. The molecule has 0 saturated carbocycles. The van der Waals surface area contributed by atoms with E-state index in [1.807, 2.05) is 0 Å². The van der Waals surface area contributed by atoms with E-state index in [9.17, 15) is 4.39 Å². The number of likely N-dealkylation sites (tertiary alicyclic amines) is 1. The van der Waals surface area contributed by atoms with Gasteiger partial charge in [-0.25, -0.2) is 9.37 Å². The highest BCUT2D eigenvalue weighted by Gasteiger charge is 2.31. The Kier molecular flexibility index (Phi) is 6.53. The van der Waals surface area contributed by atoms with Gasteiger partial charge in [-0.1, -0.05) is 24.3 Å². The maximum Gasteiger partial charge on any atom is 0.125 e. The Bertz CT molecular complexity index is 1030. The zero-order chi connectivity index (χ0) is 21.9. The van der Waals surface area contributed by atoms with Gasteiger partial charge in [0.15, 0.2) is 0 Å². The van der Waals surface area contributed by atoms with Crippen LogP contribution in [-0.2, 0) is 24.1 Å². The molecule has 6 heteroatoms. The normalized spacial score (nSPS) is 19.8. The number of aromatic amines is 1. The summed E-state index contributed by atoms with van der Waals surface area (Å²) in [5.41, 5.74) is 4.64. The van der Waals surface area contributed by atoms with E-state index >= 15 is 0 Å². The Balaban J connectivity index is 1.23. The van der Waals surface area contributed by atoms with Crippen LogP contribution in [0.2, 0.25) is 0 Å². The SMILES string of the molecule is COCCN(Cc1nc2ccc(F)cc2[nH]1)CC1CCCN(C2Cc3ccccc3C2)C1. The van der Waals surface area contributed by atoms with Gasteiger partial charge in [0.05, 0.1) is 24.2 Å². The molecule has 32 heavy (non-hydrogen) atoms. The lowest BCUT2D eigenvalue weighted by Crippen LogP contribution is -2.46. The van der Waals surface area contributed by atoms with Crippen molar-refractivity contribution in [3.63, 3.8) is 0 Å². The average molecular weight is 437 g/mol. The molecular weight excluding hydrogens is 403 g/mol. The minimum absolute atomic E-state index is 0.236. The molecule has 2 aliphatic rings. The number of hydrogen-bond donors (Lipinski definition) is 1. The molecule has 0 spiro atoms. The number of halogens is 1. The van der Waals surface area contributed by atoms with Gasteiger partial charge in [-0.2, -0.15) is 0 Å². The summed E-state index contributed by atoms with van der Waals surface area (Å²) in [6.45, 7) is 5.70. The van der Waals surface area contributed by atoms with E-state index in [-0.39, 0.29) is 5.82 Å². The first kappa shape index (κ1) is 21.6. The highest BCUT2D eigenvalue weighted by atomic mass is 19.1. The number of ether oxygens (including phenoxy) is 1. The first-order valence-corrected chi connectivity index (χ1v) is 11.8. The van der Waals surface area contributed by atoms with Crippen LogP contribution in [0.15, 0.2) is 42.5 Å². The van der Waals surface area contributed by atoms with Crippen LogP contribution in [0.3, 0.4) is 0 Å². The third kappa shape index (κ3) is 4.87. The fraction of sp³-hybridized carbons (Fsp3) is 0.500. The van der Waals surface area contributed by atoms with Gasteiger partial charge in [0, 0.05) is 32.8 Å². The summed E-state index contributed by atoms with van der Waals surface area (Å²) in [5, 5.41) is 0. The van der Waals surface area contributed by atoms with Gasteiger partial charge in [0.25, 0.3) is 0 Å². The number of nitrogens with one attached hydrogen (secondary N) is 1. The Morgan fingerprint density at radius 3 is 2.78 bits per heavy atom. The number of fused-ring (bicyclic) bond motifs is 2. The van der Waals surface area contributed by atoms with Crippen LogP contribution in [0.5, 0.6) is 0 Å². The smallest absolute Gasteiger partial charge is 0.125 e. The zero-order valence-electron chi connectivity index (χ0n) is 18.9. The number of imidazole rings is 1. The van der Waals surface area contributed by atoms with Gasteiger partial charge >= 0.3 is 0 Å². The molecule has 1 unspecified atom stereocenters. The van der Waals surface area contributed by atoms with E-state index in [4.69, 9.17) is 4.74 Å². The summed E-state index contributed by atoms with van der Waals surface area (Å²) in [4.78, 5) is 13.1. The quantitative estimate of drug-likeness (QED) is 0.579. The summed E-state index contributed by atoms with van der Waals surface area (Å²) in [6, 6.07) is 14.3. The van der Waals surface area contributed by atoms with Crippen molar-refractivity contribution in [2.45, 2.75) is 38.3 Å². The minimum Gasteiger partial charge on any atom is -0.383 e. The lowest BCUT2D eigenvalue weighted by atomic mass is 9.95. The van der Waals surface area contributed by atoms with E-state index in [2.05, 4.69) is 44.0 Å². The number of nitrogens with zero attached hydrogens (tertiary/aromatic N) is 3. The molecule has 2 heterocycles. The van der Waals surface area contributed by atoms with Crippen molar-refractivity contribution >= 4 is 11.0 Å². The fourth-order valence-corrected chi connectivity index (χ4v) is 5.51. The molecule has 0 bridgehead atoms. The second-order valence-electron chi connectivity index (χ2n) is 9.41. The number of aromatic nitrogens is 2. The maximum absolute atomic E-state index is 13.6. The summed E-state index contributed by atoms with van der Waals surface area (Å²) in [5.74, 6) is 1.30. The van der Waals surface area contributed by atoms with Crippen molar-refractivity contribution in [3.8, 4) is 0 Å². The van der Waals surface area contributed by atoms with Crippen LogP contribution in [0.25, 0.3) is 11.0 Å². The molecule has 0 radical (unpaired) electrons. The first-order chi connectivity index (χ1) is 15.7. The highest BCUT2D eigenvalue weighted by Crippen LogP contribution is 2.29.